The molecule has 0 unspecified atom stereocenters. The third kappa shape index (κ3) is 2.98. The molecule has 1 aliphatic rings. The topological polar surface area (TPSA) is 93.0 Å². The number of fused-ring (bicyclic) bond motifs is 1. The highest BCUT2D eigenvalue weighted by Crippen LogP contribution is 2.25. The fraction of sp³-hybridized carbons (Fsp3) is 0.583. The molecular formula is C12H18N6O2S. The van der Waals surface area contributed by atoms with Crippen molar-refractivity contribution in [3.8, 4) is 0 Å². The Hall–Kier alpha value is -1.74. The number of rotatable bonds is 3. The van der Waals surface area contributed by atoms with Crippen LogP contribution >= 0.6 is 0 Å². The molecule has 0 spiro atoms. The third-order valence-corrected chi connectivity index (χ3v) is 4.37. The Morgan fingerprint density at radius 1 is 1.38 bits per heavy atom. The summed E-state index contributed by atoms with van der Waals surface area (Å²) >= 11 is 0. The molecule has 0 bridgehead atoms. The SMILES string of the molecule is Cn1ncc2c(N3CCC[C@H](NS(C)(=O)=O)C3)ncnc21. The Morgan fingerprint density at radius 3 is 2.95 bits per heavy atom. The van der Waals surface area contributed by atoms with E-state index in [0.717, 1.165) is 36.2 Å². The monoisotopic (exact) mass is 310 g/mol. The van der Waals surface area contributed by atoms with Crippen LogP contribution in [0.2, 0.25) is 0 Å². The summed E-state index contributed by atoms with van der Waals surface area (Å²) in [4.78, 5) is 10.7. The van der Waals surface area contributed by atoms with E-state index >= 15 is 0 Å². The second kappa shape index (κ2) is 5.23. The van der Waals surface area contributed by atoms with Gasteiger partial charge in [0.2, 0.25) is 10.0 Å². The van der Waals surface area contributed by atoms with Crippen LogP contribution < -0.4 is 9.62 Å². The first-order chi connectivity index (χ1) is 9.94. The molecular weight excluding hydrogens is 292 g/mol. The fourth-order valence-corrected chi connectivity index (χ4v) is 3.57. The lowest BCUT2D eigenvalue weighted by atomic mass is 10.1. The Kier molecular flexibility index (Phi) is 3.54. The Morgan fingerprint density at radius 2 is 2.19 bits per heavy atom. The highest BCUT2D eigenvalue weighted by atomic mass is 32.2. The van der Waals surface area contributed by atoms with E-state index in [2.05, 4.69) is 24.7 Å². The van der Waals surface area contributed by atoms with Crippen molar-refractivity contribution in [2.75, 3.05) is 24.2 Å². The van der Waals surface area contributed by atoms with E-state index in [0.29, 0.717) is 6.54 Å². The molecule has 3 heterocycles. The normalized spacial score (nSPS) is 20.1. The maximum atomic E-state index is 11.4. The zero-order valence-corrected chi connectivity index (χ0v) is 12.8. The van der Waals surface area contributed by atoms with Crippen molar-refractivity contribution >= 4 is 26.9 Å². The minimum atomic E-state index is -3.19. The molecule has 1 aliphatic heterocycles. The molecule has 1 N–H and O–H groups in total. The minimum absolute atomic E-state index is 0.0876. The first-order valence-corrected chi connectivity index (χ1v) is 8.68. The van der Waals surface area contributed by atoms with Crippen LogP contribution in [0.3, 0.4) is 0 Å². The molecule has 0 aliphatic carbocycles. The smallest absolute Gasteiger partial charge is 0.209 e. The van der Waals surface area contributed by atoms with E-state index in [9.17, 15) is 8.42 Å². The molecule has 114 valence electrons. The van der Waals surface area contributed by atoms with Gasteiger partial charge in [0.15, 0.2) is 5.65 Å². The number of nitrogens with zero attached hydrogens (tertiary/aromatic N) is 5. The first-order valence-electron chi connectivity index (χ1n) is 6.79. The summed E-state index contributed by atoms with van der Waals surface area (Å²) in [5.41, 5.74) is 0.776. The van der Waals surface area contributed by atoms with E-state index in [1.54, 1.807) is 10.9 Å². The molecule has 2 aromatic rings. The summed E-state index contributed by atoms with van der Waals surface area (Å²) in [7, 11) is -1.36. The standard InChI is InChI=1S/C12H18N6O2S/c1-17-11-10(6-15-17)12(14-8-13-11)18-5-3-4-9(7-18)16-21(2,19)20/h6,8-9,16H,3-5,7H2,1-2H3/t9-/m0/s1. The summed E-state index contributed by atoms with van der Waals surface area (Å²) in [6, 6.07) is -0.0876. The van der Waals surface area contributed by atoms with Gasteiger partial charge in [0.05, 0.1) is 17.8 Å². The average Bonchev–Trinajstić information content (AvgIpc) is 2.79. The Balaban J connectivity index is 1.88. The van der Waals surface area contributed by atoms with Gasteiger partial charge in [0, 0.05) is 26.2 Å². The van der Waals surface area contributed by atoms with Crippen LogP contribution in [0.5, 0.6) is 0 Å². The molecule has 21 heavy (non-hydrogen) atoms. The molecule has 1 fully saturated rings. The summed E-state index contributed by atoms with van der Waals surface area (Å²) < 4.78 is 27.2. The lowest BCUT2D eigenvalue weighted by Gasteiger charge is -2.33. The van der Waals surface area contributed by atoms with Crippen LogP contribution in [-0.4, -0.2) is 53.6 Å². The summed E-state index contributed by atoms with van der Waals surface area (Å²) in [6.07, 6.45) is 6.21. The summed E-state index contributed by atoms with van der Waals surface area (Å²) in [5, 5.41) is 5.09. The average molecular weight is 310 g/mol. The van der Waals surface area contributed by atoms with Crippen LogP contribution in [0.1, 0.15) is 12.8 Å². The van der Waals surface area contributed by atoms with Crippen molar-refractivity contribution in [1.29, 1.82) is 0 Å². The van der Waals surface area contributed by atoms with Gasteiger partial charge in [-0.2, -0.15) is 5.10 Å². The molecule has 9 heteroatoms. The van der Waals surface area contributed by atoms with Gasteiger partial charge >= 0.3 is 0 Å². The second-order valence-electron chi connectivity index (χ2n) is 5.38. The van der Waals surface area contributed by atoms with Crippen molar-refractivity contribution in [2.45, 2.75) is 18.9 Å². The van der Waals surface area contributed by atoms with Gasteiger partial charge in [-0.05, 0) is 12.8 Å². The number of anilines is 1. The molecule has 2 aromatic heterocycles. The molecule has 8 nitrogen and oxygen atoms in total. The van der Waals surface area contributed by atoms with Gasteiger partial charge in [-0.15, -0.1) is 0 Å². The van der Waals surface area contributed by atoms with E-state index in [1.807, 2.05) is 7.05 Å². The fourth-order valence-electron chi connectivity index (χ4n) is 2.77. The molecule has 0 amide bonds. The largest absolute Gasteiger partial charge is 0.354 e. The van der Waals surface area contributed by atoms with Crippen molar-refractivity contribution < 1.29 is 8.42 Å². The number of sulfonamides is 1. The van der Waals surface area contributed by atoms with Gasteiger partial charge < -0.3 is 4.90 Å². The van der Waals surface area contributed by atoms with Crippen molar-refractivity contribution in [3.63, 3.8) is 0 Å². The first kappa shape index (κ1) is 14.2. The number of aryl methyl sites for hydroxylation is 1. The lowest BCUT2D eigenvalue weighted by molar-refractivity contribution is 0.466. The zero-order valence-electron chi connectivity index (χ0n) is 12.0. The van der Waals surface area contributed by atoms with Gasteiger partial charge in [-0.3, -0.25) is 4.68 Å². The number of piperidine rings is 1. The maximum absolute atomic E-state index is 11.4. The molecule has 1 atom stereocenters. The van der Waals surface area contributed by atoms with Crippen LogP contribution in [0.4, 0.5) is 5.82 Å². The Labute approximate surface area is 123 Å². The van der Waals surface area contributed by atoms with Crippen LogP contribution in [0.15, 0.2) is 12.5 Å². The molecule has 3 rings (SSSR count). The van der Waals surface area contributed by atoms with Crippen LogP contribution in [-0.2, 0) is 17.1 Å². The summed E-state index contributed by atoms with van der Waals surface area (Å²) in [6.45, 7) is 1.46. The van der Waals surface area contributed by atoms with Crippen molar-refractivity contribution in [1.82, 2.24) is 24.5 Å². The molecule has 0 aromatic carbocycles. The minimum Gasteiger partial charge on any atom is -0.354 e. The van der Waals surface area contributed by atoms with Gasteiger partial charge in [0.25, 0.3) is 0 Å². The molecule has 1 saturated heterocycles. The zero-order chi connectivity index (χ0) is 15.0. The lowest BCUT2D eigenvalue weighted by Crippen LogP contribution is -2.47. The number of nitrogens with one attached hydrogen (secondary N) is 1. The molecule has 0 radical (unpaired) electrons. The number of hydrogen-bond donors (Lipinski definition) is 1. The highest BCUT2D eigenvalue weighted by molar-refractivity contribution is 7.88. The van der Waals surface area contributed by atoms with Gasteiger partial charge in [-0.25, -0.2) is 23.1 Å². The van der Waals surface area contributed by atoms with Crippen molar-refractivity contribution in [3.05, 3.63) is 12.5 Å². The van der Waals surface area contributed by atoms with Gasteiger partial charge in [-0.1, -0.05) is 0 Å². The maximum Gasteiger partial charge on any atom is 0.209 e. The van der Waals surface area contributed by atoms with E-state index in [-0.39, 0.29) is 6.04 Å². The molecule has 0 saturated carbocycles. The second-order valence-corrected chi connectivity index (χ2v) is 7.16. The highest BCUT2D eigenvalue weighted by Gasteiger charge is 2.24. The van der Waals surface area contributed by atoms with E-state index in [1.165, 1.54) is 12.6 Å². The van der Waals surface area contributed by atoms with E-state index < -0.39 is 10.0 Å². The number of hydrogen-bond acceptors (Lipinski definition) is 6. The van der Waals surface area contributed by atoms with Crippen LogP contribution in [0, 0.1) is 0 Å². The van der Waals surface area contributed by atoms with E-state index in [4.69, 9.17) is 0 Å². The third-order valence-electron chi connectivity index (χ3n) is 3.61. The number of aromatic nitrogens is 4. The van der Waals surface area contributed by atoms with Crippen LogP contribution in [0.25, 0.3) is 11.0 Å². The Bertz CT molecular complexity index is 756. The predicted molar refractivity (Wildman–Crippen MR) is 79.5 cm³/mol. The van der Waals surface area contributed by atoms with Crippen molar-refractivity contribution in [2.24, 2.45) is 7.05 Å². The van der Waals surface area contributed by atoms with Gasteiger partial charge in [0.1, 0.15) is 12.1 Å². The predicted octanol–water partition coefficient (Wildman–Crippen LogP) is -0.119. The quantitative estimate of drug-likeness (QED) is 0.849. The summed E-state index contributed by atoms with van der Waals surface area (Å²) in [5.74, 6) is 0.813.